The highest BCUT2D eigenvalue weighted by Crippen LogP contribution is 2.14. The van der Waals surface area contributed by atoms with Gasteiger partial charge in [-0.1, -0.05) is 6.42 Å². The number of hydrazine groups is 1. The molecule has 0 aliphatic carbocycles. The highest BCUT2D eigenvalue weighted by molar-refractivity contribution is 5.80. The smallest absolute Gasteiger partial charge is 0.303 e. The van der Waals surface area contributed by atoms with Gasteiger partial charge in [-0.05, 0) is 33.6 Å². The number of aromatic nitrogens is 3. The summed E-state index contributed by atoms with van der Waals surface area (Å²) >= 11 is 0. The van der Waals surface area contributed by atoms with Crippen LogP contribution in [0.15, 0.2) is 0 Å². The highest BCUT2D eigenvalue weighted by Gasteiger charge is 2.15. The molecule has 12 heteroatoms. The Kier molecular flexibility index (Phi) is 10.9. The number of carbonyl (C=O) groups excluding carboxylic acids is 3. The maximum Gasteiger partial charge on any atom is 0.303 e. The molecule has 0 atom stereocenters. The number of ketones is 3. The van der Waals surface area contributed by atoms with Crippen molar-refractivity contribution in [1.29, 1.82) is 0 Å². The van der Waals surface area contributed by atoms with Crippen molar-refractivity contribution in [3.63, 3.8) is 0 Å². The molecule has 0 saturated carbocycles. The molecule has 166 valence electrons. The van der Waals surface area contributed by atoms with Crippen LogP contribution in [-0.4, -0.2) is 69.6 Å². The van der Waals surface area contributed by atoms with Gasteiger partial charge in [0.25, 0.3) is 0 Å². The molecule has 0 aromatic carbocycles. The zero-order chi connectivity index (χ0) is 22.5. The number of carboxylic acids is 1. The molecule has 30 heavy (non-hydrogen) atoms. The summed E-state index contributed by atoms with van der Waals surface area (Å²) in [7, 11) is 0. The molecule has 0 aliphatic rings. The summed E-state index contributed by atoms with van der Waals surface area (Å²) in [5, 5.41) is 15.9. The van der Waals surface area contributed by atoms with Crippen LogP contribution in [0.1, 0.15) is 46.5 Å². The highest BCUT2D eigenvalue weighted by atomic mass is 16.4. The Labute approximate surface area is 174 Å². The van der Waals surface area contributed by atoms with Crippen LogP contribution in [0.25, 0.3) is 0 Å². The Bertz CT molecular complexity index is 720. The summed E-state index contributed by atoms with van der Waals surface area (Å²) < 4.78 is 0. The van der Waals surface area contributed by atoms with Gasteiger partial charge in [-0.3, -0.25) is 24.2 Å². The van der Waals surface area contributed by atoms with Crippen molar-refractivity contribution >= 4 is 41.2 Å². The zero-order valence-corrected chi connectivity index (χ0v) is 17.5. The number of hydrogen-bond donors (Lipinski definition) is 4. The number of hydrogen-bond acceptors (Lipinski definition) is 11. The minimum absolute atomic E-state index is 0.0195. The molecule has 0 unspecified atom stereocenters. The second-order valence-corrected chi connectivity index (χ2v) is 6.79. The third-order valence-electron chi connectivity index (χ3n) is 3.65. The third kappa shape index (κ3) is 11.0. The van der Waals surface area contributed by atoms with Gasteiger partial charge in [0.15, 0.2) is 0 Å². The van der Waals surface area contributed by atoms with Crippen LogP contribution in [0.5, 0.6) is 0 Å². The van der Waals surface area contributed by atoms with Crippen LogP contribution in [0.4, 0.5) is 17.8 Å². The first kappa shape index (κ1) is 24.9. The van der Waals surface area contributed by atoms with Crippen LogP contribution >= 0.6 is 0 Å². The van der Waals surface area contributed by atoms with Crippen LogP contribution in [0.3, 0.4) is 0 Å². The predicted molar refractivity (Wildman–Crippen MR) is 110 cm³/mol. The van der Waals surface area contributed by atoms with E-state index in [9.17, 15) is 19.2 Å². The fourth-order valence-corrected chi connectivity index (χ4v) is 2.23. The first-order valence-corrected chi connectivity index (χ1v) is 9.62. The van der Waals surface area contributed by atoms with Gasteiger partial charge in [0.05, 0.1) is 19.6 Å². The van der Waals surface area contributed by atoms with Gasteiger partial charge in [-0.2, -0.15) is 15.0 Å². The number of unbranched alkanes of at least 4 members (excludes halogenated alkanes) is 2. The first-order valence-electron chi connectivity index (χ1n) is 9.62. The molecule has 1 rings (SSSR count). The molecule has 0 radical (unpaired) electrons. The number of nitrogens with one attached hydrogen (secondary N) is 3. The minimum Gasteiger partial charge on any atom is -0.481 e. The molecule has 1 aromatic rings. The molecule has 1 heterocycles. The fourth-order valence-electron chi connectivity index (χ4n) is 2.23. The van der Waals surface area contributed by atoms with Crippen LogP contribution in [-0.2, 0) is 19.2 Å². The van der Waals surface area contributed by atoms with E-state index in [1.54, 1.807) is 5.01 Å². The van der Waals surface area contributed by atoms with Gasteiger partial charge in [0.1, 0.15) is 17.3 Å². The van der Waals surface area contributed by atoms with E-state index in [-0.39, 0.29) is 61.2 Å². The zero-order valence-electron chi connectivity index (χ0n) is 17.5. The van der Waals surface area contributed by atoms with Crippen molar-refractivity contribution in [3.8, 4) is 0 Å². The molecule has 4 N–H and O–H groups in total. The second kappa shape index (κ2) is 13.1. The molecule has 0 spiro atoms. The number of carboxylic acid groups (broad SMARTS) is 1. The number of Topliss-reactive ketones (excluding diaryl/α,β-unsaturated/α-hetero) is 3. The number of anilines is 3. The van der Waals surface area contributed by atoms with E-state index in [0.29, 0.717) is 25.8 Å². The van der Waals surface area contributed by atoms with E-state index in [0.717, 1.165) is 0 Å². The Balaban J connectivity index is 3.00. The summed E-state index contributed by atoms with van der Waals surface area (Å²) in [5.74, 6) is -0.684. The summed E-state index contributed by atoms with van der Waals surface area (Å²) in [6.07, 6.45) is 1.92. The fraction of sp³-hybridized carbons (Fsp3) is 0.611. The normalized spacial score (nSPS) is 10.4. The maximum absolute atomic E-state index is 11.4. The summed E-state index contributed by atoms with van der Waals surface area (Å²) in [6.45, 7) is 4.77. The van der Waals surface area contributed by atoms with Crippen molar-refractivity contribution < 1.29 is 24.3 Å². The van der Waals surface area contributed by atoms with E-state index in [1.165, 1.54) is 20.8 Å². The second-order valence-electron chi connectivity index (χ2n) is 6.79. The van der Waals surface area contributed by atoms with Crippen molar-refractivity contribution in [2.24, 2.45) is 0 Å². The lowest BCUT2D eigenvalue weighted by Gasteiger charge is -2.23. The van der Waals surface area contributed by atoms with Crippen LogP contribution in [0.2, 0.25) is 0 Å². The molecule has 0 amide bonds. The standard InChI is InChI=1S/C18H29N7O5/c1-12(26)9-19-16-22-17(20-10-13(2)27)24-18(23-16)25(21-11-14(3)28)8-6-4-5-7-15(29)30/h21H,4-11H2,1-3H3,(H,29,30)(H2,19,20,22,23,24). The van der Waals surface area contributed by atoms with E-state index in [4.69, 9.17) is 5.11 Å². The lowest BCUT2D eigenvalue weighted by molar-refractivity contribution is -0.137. The summed E-state index contributed by atoms with van der Waals surface area (Å²) in [4.78, 5) is 57.3. The van der Waals surface area contributed by atoms with Gasteiger partial charge in [-0.25, -0.2) is 5.43 Å². The predicted octanol–water partition coefficient (Wildman–Crippen LogP) is 0.418. The molecule has 1 aromatic heterocycles. The van der Waals surface area contributed by atoms with Crippen LogP contribution < -0.4 is 21.1 Å². The SMILES string of the molecule is CC(=O)CNc1nc(NCC(C)=O)nc(N(CCCCCC(=O)O)NCC(C)=O)n1. The summed E-state index contributed by atoms with van der Waals surface area (Å²) in [6, 6.07) is 0. The van der Waals surface area contributed by atoms with E-state index >= 15 is 0 Å². The first-order chi connectivity index (χ1) is 14.2. The topological polar surface area (TPSA) is 167 Å². The number of nitrogens with zero attached hydrogens (tertiary/aromatic N) is 4. The molecule has 0 aliphatic heterocycles. The maximum atomic E-state index is 11.4. The van der Waals surface area contributed by atoms with E-state index in [2.05, 4.69) is 31.0 Å². The molecule has 0 bridgehead atoms. The molecule has 0 fully saturated rings. The minimum atomic E-state index is -0.846. The number of carbonyl (C=O) groups is 4. The number of rotatable bonds is 16. The van der Waals surface area contributed by atoms with Crippen molar-refractivity contribution in [2.45, 2.75) is 46.5 Å². The van der Waals surface area contributed by atoms with Gasteiger partial charge in [0, 0.05) is 13.0 Å². The Morgan fingerprint density at radius 1 is 0.800 bits per heavy atom. The van der Waals surface area contributed by atoms with Gasteiger partial charge in [0.2, 0.25) is 17.8 Å². The average Bonchev–Trinajstić information content (AvgIpc) is 2.66. The van der Waals surface area contributed by atoms with E-state index < -0.39 is 5.97 Å². The summed E-state index contributed by atoms with van der Waals surface area (Å²) in [5.41, 5.74) is 2.94. The van der Waals surface area contributed by atoms with Gasteiger partial charge < -0.3 is 15.7 Å². The quantitative estimate of drug-likeness (QED) is 0.214. The van der Waals surface area contributed by atoms with E-state index in [1.807, 2.05) is 0 Å². The number of aliphatic carboxylic acids is 1. The Morgan fingerprint density at radius 3 is 1.80 bits per heavy atom. The van der Waals surface area contributed by atoms with Crippen molar-refractivity contribution in [3.05, 3.63) is 0 Å². The Hall–Kier alpha value is -3.15. The van der Waals surface area contributed by atoms with Crippen LogP contribution in [0, 0.1) is 0 Å². The monoisotopic (exact) mass is 423 g/mol. The third-order valence-corrected chi connectivity index (χ3v) is 3.65. The molecular formula is C18H29N7O5. The van der Waals surface area contributed by atoms with Gasteiger partial charge in [-0.15, -0.1) is 0 Å². The lowest BCUT2D eigenvalue weighted by atomic mass is 10.2. The molecule has 12 nitrogen and oxygen atoms in total. The van der Waals surface area contributed by atoms with Crippen molar-refractivity contribution in [2.75, 3.05) is 41.8 Å². The molecular weight excluding hydrogens is 394 g/mol. The lowest BCUT2D eigenvalue weighted by Crippen LogP contribution is -2.42. The largest absolute Gasteiger partial charge is 0.481 e. The molecule has 0 saturated heterocycles. The Morgan fingerprint density at radius 2 is 1.33 bits per heavy atom. The average molecular weight is 423 g/mol. The van der Waals surface area contributed by atoms with Crippen molar-refractivity contribution in [1.82, 2.24) is 20.4 Å². The van der Waals surface area contributed by atoms with Gasteiger partial charge >= 0.3 is 5.97 Å².